The number of carboxylic acids is 1. The van der Waals surface area contributed by atoms with Gasteiger partial charge in [-0.2, -0.15) is 5.26 Å². The molecule has 3 aromatic rings. The molecule has 0 bridgehead atoms. The van der Waals surface area contributed by atoms with Crippen LogP contribution in [0.1, 0.15) is 21.8 Å². The quantitative estimate of drug-likeness (QED) is 0.795. The number of para-hydroxylation sites is 1. The van der Waals surface area contributed by atoms with Crippen LogP contribution in [0.3, 0.4) is 0 Å². The molecule has 6 nitrogen and oxygen atoms in total. The molecule has 1 N–H and O–H groups in total. The van der Waals surface area contributed by atoms with Crippen LogP contribution in [0.15, 0.2) is 40.8 Å². The summed E-state index contributed by atoms with van der Waals surface area (Å²) in [6.07, 6.45) is 0. The van der Waals surface area contributed by atoms with Crippen molar-refractivity contribution in [3.05, 3.63) is 59.2 Å². The Bertz CT molecular complexity index is 943. The molecule has 0 atom stereocenters. The van der Waals surface area contributed by atoms with Gasteiger partial charge in [0.1, 0.15) is 17.3 Å². The van der Waals surface area contributed by atoms with E-state index in [0.717, 1.165) is 6.07 Å². The minimum Gasteiger partial charge on any atom is -0.482 e. The number of aromatic nitrogens is 1. The SMILES string of the molecule is N#Cc1ccccc1OCc1nc2c(F)cc(C(=O)O)cc2o1. The number of carbonyl (C=O) groups is 1. The van der Waals surface area contributed by atoms with Crippen LogP contribution in [0.2, 0.25) is 0 Å². The number of halogens is 1. The Morgan fingerprint density at radius 1 is 1.39 bits per heavy atom. The van der Waals surface area contributed by atoms with E-state index in [1.807, 2.05) is 6.07 Å². The van der Waals surface area contributed by atoms with Crippen molar-refractivity contribution in [3.8, 4) is 11.8 Å². The minimum absolute atomic E-state index is 0.0227. The molecule has 0 unspecified atom stereocenters. The van der Waals surface area contributed by atoms with E-state index >= 15 is 0 Å². The van der Waals surface area contributed by atoms with Crippen molar-refractivity contribution < 1.29 is 23.4 Å². The summed E-state index contributed by atoms with van der Waals surface area (Å²) < 4.78 is 24.6. The van der Waals surface area contributed by atoms with Crippen LogP contribution < -0.4 is 4.74 Å². The maximum Gasteiger partial charge on any atom is 0.335 e. The van der Waals surface area contributed by atoms with Crippen molar-refractivity contribution in [3.63, 3.8) is 0 Å². The first-order valence-electron chi connectivity index (χ1n) is 6.52. The predicted molar refractivity (Wildman–Crippen MR) is 76.4 cm³/mol. The molecule has 0 aliphatic carbocycles. The number of nitrogens with zero attached hydrogens (tertiary/aromatic N) is 2. The van der Waals surface area contributed by atoms with Gasteiger partial charge in [-0.25, -0.2) is 14.2 Å². The lowest BCUT2D eigenvalue weighted by Gasteiger charge is -2.04. The van der Waals surface area contributed by atoms with Crippen molar-refractivity contribution in [2.24, 2.45) is 0 Å². The zero-order valence-corrected chi connectivity index (χ0v) is 11.6. The molecular formula is C16H9FN2O4. The van der Waals surface area contributed by atoms with E-state index in [1.54, 1.807) is 24.3 Å². The molecule has 0 fully saturated rings. The van der Waals surface area contributed by atoms with Crippen LogP contribution in [-0.2, 0) is 6.61 Å². The summed E-state index contributed by atoms with van der Waals surface area (Å²) in [5.41, 5.74) is 0.0770. The third-order valence-electron chi connectivity index (χ3n) is 3.10. The zero-order chi connectivity index (χ0) is 16.4. The molecule has 0 radical (unpaired) electrons. The minimum atomic E-state index is -1.26. The van der Waals surface area contributed by atoms with E-state index in [2.05, 4.69) is 4.98 Å². The van der Waals surface area contributed by atoms with E-state index in [9.17, 15) is 9.18 Å². The van der Waals surface area contributed by atoms with Gasteiger partial charge in [-0.3, -0.25) is 0 Å². The average Bonchev–Trinajstić information content (AvgIpc) is 2.96. The number of benzene rings is 2. The molecule has 0 aliphatic rings. The highest BCUT2D eigenvalue weighted by molar-refractivity contribution is 5.92. The van der Waals surface area contributed by atoms with Gasteiger partial charge in [0.05, 0.1) is 11.1 Å². The first-order valence-corrected chi connectivity index (χ1v) is 6.52. The Morgan fingerprint density at radius 3 is 2.91 bits per heavy atom. The van der Waals surface area contributed by atoms with Gasteiger partial charge in [0.25, 0.3) is 0 Å². The molecule has 0 saturated heterocycles. The molecule has 0 saturated carbocycles. The van der Waals surface area contributed by atoms with Crippen molar-refractivity contribution in [2.45, 2.75) is 6.61 Å². The van der Waals surface area contributed by atoms with Crippen LogP contribution in [0, 0.1) is 17.1 Å². The monoisotopic (exact) mass is 312 g/mol. The highest BCUT2D eigenvalue weighted by atomic mass is 19.1. The Morgan fingerprint density at radius 2 is 2.17 bits per heavy atom. The molecule has 1 aromatic heterocycles. The fraction of sp³-hybridized carbons (Fsp3) is 0.0625. The van der Waals surface area contributed by atoms with Gasteiger partial charge in [-0.05, 0) is 24.3 Å². The van der Waals surface area contributed by atoms with Crippen molar-refractivity contribution >= 4 is 17.1 Å². The molecule has 0 aliphatic heterocycles. The third kappa shape index (κ3) is 2.82. The number of rotatable bonds is 4. The summed E-state index contributed by atoms with van der Waals surface area (Å²) in [5.74, 6) is -1.62. The first kappa shape index (κ1) is 14.5. The second-order valence-electron chi connectivity index (χ2n) is 4.61. The van der Waals surface area contributed by atoms with E-state index in [4.69, 9.17) is 19.5 Å². The van der Waals surface area contributed by atoms with Gasteiger partial charge >= 0.3 is 5.97 Å². The molecule has 1 heterocycles. The molecule has 7 heteroatoms. The summed E-state index contributed by atoms with van der Waals surface area (Å²) in [7, 11) is 0. The Hall–Kier alpha value is -3.40. The van der Waals surface area contributed by atoms with Crippen molar-refractivity contribution in [1.82, 2.24) is 4.98 Å². The molecule has 114 valence electrons. The largest absolute Gasteiger partial charge is 0.482 e. The normalized spacial score (nSPS) is 10.4. The van der Waals surface area contributed by atoms with E-state index in [1.165, 1.54) is 6.07 Å². The van der Waals surface area contributed by atoms with Gasteiger partial charge in [0, 0.05) is 0 Å². The maximum atomic E-state index is 13.8. The fourth-order valence-electron chi connectivity index (χ4n) is 2.04. The molecule has 3 rings (SSSR count). The third-order valence-corrected chi connectivity index (χ3v) is 3.10. The standard InChI is InChI=1S/C16H9FN2O4/c17-11-5-10(16(20)21)6-13-15(11)19-14(23-13)8-22-12-4-2-1-3-9(12)7-18/h1-6H,8H2,(H,20,21). The van der Waals surface area contributed by atoms with Crippen molar-refractivity contribution in [1.29, 1.82) is 5.26 Å². The topological polar surface area (TPSA) is 96.3 Å². The van der Waals surface area contributed by atoms with Crippen LogP contribution in [0.25, 0.3) is 11.1 Å². The lowest BCUT2D eigenvalue weighted by Crippen LogP contribution is -1.97. The van der Waals surface area contributed by atoms with Crippen LogP contribution >= 0.6 is 0 Å². The highest BCUT2D eigenvalue weighted by Crippen LogP contribution is 2.23. The number of oxazole rings is 1. The lowest BCUT2D eigenvalue weighted by molar-refractivity contribution is 0.0696. The van der Waals surface area contributed by atoms with Gasteiger partial charge in [0.2, 0.25) is 5.89 Å². The fourth-order valence-corrected chi connectivity index (χ4v) is 2.04. The number of aromatic carboxylic acids is 1. The molecule has 0 amide bonds. The molecule has 2 aromatic carbocycles. The molecule has 0 spiro atoms. The summed E-state index contributed by atoms with van der Waals surface area (Å²) in [6.45, 7) is -0.116. The molecule has 23 heavy (non-hydrogen) atoms. The Labute approximate surface area is 129 Å². The number of fused-ring (bicyclic) bond motifs is 1. The van der Waals surface area contributed by atoms with Crippen LogP contribution in [-0.4, -0.2) is 16.1 Å². The van der Waals surface area contributed by atoms with Crippen LogP contribution in [0.5, 0.6) is 5.75 Å². The smallest absolute Gasteiger partial charge is 0.335 e. The summed E-state index contributed by atoms with van der Waals surface area (Å²) in [4.78, 5) is 14.8. The van der Waals surface area contributed by atoms with Gasteiger partial charge in [0.15, 0.2) is 18.0 Å². The second-order valence-corrected chi connectivity index (χ2v) is 4.61. The Kier molecular flexibility index (Phi) is 3.65. The maximum absolute atomic E-state index is 13.8. The number of hydrogen-bond donors (Lipinski definition) is 1. The average molecular weight is 312 g/mol. The van der Waals surface area contributed by atoms with E-state index in [0.29, 0.717) is 11.3 Å². The zero-order valence-electron chi connectivity index (χ0n) is 11.6. The van der Waals surface area contributed by atoms with E-state index < -0.39 is 11.8 Å². The summed E-state index contributed by atoms with van der Waals surface area (Å²) in [5, 5.41) is 17.9. The Balaban J connectivity index is 1.88. The highest BCUT2D eigenvalue weighted by Gasteiger charge is 2.15. The number of ether oxygens (including phenoxy) is 1. The number of carboxylic acid groups (broad SMARTS) is 1. The predicted octanol–water partition coefficient (Wildman–Crippen LogP) is 3.12. The summed E-state index contributed by atoms with van der Waals surface area (Å²) in [6, 6.07) is 10.7. The first-order chi connectivity index (χ1) is 11.1. The van der Waals surface area contributed by atoms with Gasteiger partial charge < -0.3 is 14.3 Å². The van der Waals surface area contributed by atoms with Crippen LogP contribution in [0.4, 0.5) is 4.39 Å². The van der Waals surface area contributed by atoms with Crippen molar-refractivity contribution in [2.75, 3.05) is 0 Å². The summed E-state index contributed by atoms with van der Waals surface area (Å²) >= 11 is 0. The van der Waals surface area contributed by atoms with Gasteiger partial charge in [-0.1, -0.05) is 12.1 Å². The number of hydrogen-bond acceptors (Lipinski definition) is 5. The second kappa shape index (κ2) is 5.77. The van der Waals surface area contributed by atoms with E-state index in [-0.39, 0.29) is 29.2 Å². The number of nitriles is 1. The van der Waals surface area contributed by atoms with Gasteiger partial charge in [-0.15, -0.1) is 0 Å². The molecular weight excluding hydrogens is 303 g/mol. The lowest BCUT2D eigenvalue weighted by atomic mass is 10.2.